The molecule has 0 aliphatic rings. The molecule has 17 heavy (non-hydrogen) atoms. The number of carbonyl (C=O) groups is 1. The molecule has 2 amide bonds. The van der Waals surface area contributed by atoms with Gasteiger partial charge in [-0.05, 0) is 28.1 Å². The molecule has 94 valence electrons. The maximum Gasteiger partial charge on any atom is 0.328 e. The third-order valence-corrected chi connectivity index (χ3v) is 3.79. The monoisotopic (exact) mass is 325 g/mol. The summed E-state index contributed by atoms with van der Waals surface area (Å²) in [6.07, 6.45) is 0. The maximum absolute atomic E-state index is 13.1. The molecule has 1 aromatic carbocycles. The number of carbonyl (C=O) groups excluding carboxylic acids is 1. The number of halogens is 2. The fourth-order valence-electron chi connectivity index (χ4n) is 1.00. The molecule has 0 radical (unpaired) electrons. The lowest BCUT2D eigenvalue weighted by atomic mass is 10.3. The topological polar surface area (TPSA) is 101 Å². The van der Waals surface area contributed by atoms with E-state index in [1.165, 1.54) is 7.05 Å². The van der Waals surface area contributed by atoms with E-state index in [1.54, 1.807) is 4.72 Å². The Morgan fingerprint density at radius 2 is 2.06 bits per heavy atom. The minimum absolute atomic E-state index is 0.0658. The second-order valence-electron chi connectivity index (χ2n) is 2.99. The van der Waals surface area contributed by atoms with Gasteiger partial charge in [0.1, 0.15) is 10.7 Å². The Labute approximate surface area is 106 Å². The molecule has 6 nitrogen and oxygen atoms in total. The largest absolute Gasteiger partial charge is 0.398 e. The molecule has 0 saturated heterocycles. The van der Waals surface area contributed by atoms with Crippen LogP contribution in [0.2, 0.25) is 0 Å². The minimum Gasteiger partial charge on any atom is -0.398 e. The molecule has 0 spiro atoms. The van der Waals surface area contributed by atoms with Gasteiger partial charge in [0.05, 0.1) is 10.2 Å². The summed E-state index contributed by atoms with van der Waals surface area (Å²) in [7, 11) is -2.87. The van der Waals surface area contributed by atoms with E-state index in [-0.39, 0.29) is 15.1 Å². The number of nitrogen functional groups attached to an aromatic ring is 1. The first-order valence-corrected chi connectivity index (χ1v) is 6.54. The summed E-state index contributed by atoms with van der Waals surface area (Å²) in [5.74, 6) is -0.693. The van der Waals surface area contributed by atoms with Crippen LogP contribution in [0, 0.1) is 5.82 Å². The lowest BCUT2D eigenvalue weighted by Crippen LogP contribution is -2.37. The molecule has 9 heteroatoms. The molecule has 0 atom stereocenters. The summed E-state index contributed by atoms with van der Waals surface area (Å²) in [5.41, 5.74) is 5.09. The van der Waals surface area contributed by atoms with E-state index in [4.69, 9.17) is 5.73 Å². The molecule has 0 aliphatic heterocycles. The summed E-state index contributed by atoms with van der Waals surface area (Å²) in [6.45, 7) is 0. The third kappa shape index (κ3) is 3.07. The van der Waals surface area contributed by atoms with Gasteiger partial charge in [-0.1, -0.05) is 0 Å². The lowest BCUT2D eigenvalue weighted by Gasteiger charge is -2.09. The first kappa shape index (κ1) is 13.7. The highest BCUT2D eigenvalue weighted by atomic mass is 79.9. The average Bonchev–Trinajstić information content (AvgIpc) is 2.22. The maximum atomic E-state index is 13.1. The molecule has 0 aromatic heterocycles. The highest BCUT2D eigenvalue weighted by Gasteiger charge is 2.21. The van der Waals surface area contributed by atoms with Gasteiger partial charge in [0.2, 0.25) is 0 Å². The first-order valence-electron chi connectivity index (χ1n) is 4.27. The van der Waals surface area contributed by atoms with Crippen molar-refractivity contribution in [3.8, 4) is 0 Å². The molecule has 4 N–H and O–H groups in total. The molecule has 1 aromatic rings. The summed E-state index contributed by atoms with van der Waals surface area (Å²) in [5, 5.41) is 2.08. The van der Waals surface area contributed by atoms with Crippen molar-refractivity contribution < 1.29 is 17.6 Å². The van der Waals surface area contributed by atoms with Crippen LogP contribution in [0.3, 0.4) is 0 Å². The van der Waals surface area contributed by atoms with Crippen LogP contribution in [0.25, 0.3) is 0 Å². The number of urea groups is 1. The summed E-state index contributed by atoms with van der Waals surface area (Å²) in [6, 6.07) is 0.920. The molecular weight excluding hydrogens is 317 g/mol. The predicted octanol–water partition coefficient (Wildman–Crippen LogP) is 0.788. The first-order chi connectivity index (χ1) is 7.77. The van der Waals surface area contributed by atoms with E-state index in [0.29, 0.717) is 0 Å². The van der Waals surface area contributed by atoms with Gasteiger partial charge >= 0.3 is 6.03 Å². The Balaban J connectivity index is 3.25. The lowest BCUT2D eigenvalue weighted by molar-refractivity contribution is 0.248. The van der Waals surface area contributed by atoms with E-state index in [2.05, 4.69) is 21.2 Å². The van der Waals surface area contributed by atoms with Gasteiger partial charge in [-0.3, -0.25) is 0 Å². The zero-order valence-electron chi connectivity index (χ0n) is 8.62. The number of nitrogens with one attached hydrogen (secondary N) is 2. The van der Waals surface area contributed by atoms with Crippen molar-refractivity contribution in [3.63, 3.8) is 0 Å². The van der Waals surface area contributed by atoms with Crippen molar-refractivity contribution >= 4 is 37.7 Å². The van der Waals surface area contributed by atoms with Crippen LogP contribution < -0.4 is 15.8 Å². The van der Waals surface area contributed by atoms with Crippen LogP contribution in [-0.2, 0) is 10.0 Å². The number of nitrogens with two attached hydrogens (primary N) is 1. The zero-order chi connectivity index (χ0) is 13.2. The minimum atomic E-state index is -4.13. The Morgan fingerprint density at radius 1 is 1.47 bits per heavy atom. The molecule has 1 rings (SSSR count). The average molecular weight is 326 g/mol. The summed E-state index contributed by atoms with van der Waals surface area (Å²) in [4.78, 5) is 10.6. The molecule has 0 fully saturated rings. The third-order valence-electron chi connectivity index (χ3n) is 1.80. The highest BCUT2D eigenvalue weighted by Crippen LogP contribution is 2.25. The Morgan fingerprint density at radius 3 is 2.59 bits per heavy atom. The Bertz CT molecular complexity index is 561. The van der Waals surface area contributed by atoms with Crippen LogP contribution in [0.1, 0.15) is 0 Å². The molecule has 0 saturated carbocycles. The number of hydrogen-bond donors (Lipinski definition) is 3. The van der Waals surface area contributed by atoms with Crippen molar-refractivity contribution in [1.82, 2.24) is 10.0 Å². The van der Waals surface area contributed by atoms with E-state index < -0.39 is 21.9 Å². The van der Waals surface area contributed by atoms with E-state index in [9.17, 15) is 17.6 Å². The molecular formula is C8H9BrFN3O3S. The molecule has 0 aliphatic carbocycles. The number of rotatable bonds is 2. The van der Waals surface area contributed by atoms with Crippen molar-refractivity contribution in [2.45, 2.75) is 4.90 Å². The fourth-order valence-corrected chi connectivity index (χ4v) is 2.60. The number of anilines is 1. The van der Waals surface area contributed by atoms with E-state index in [0.717, 1.165) is 12.1 Å². The van der Waals surface area contributed by atoms with Crippen molar-refractivity contribution in [2.75, 3.05) is 12.8 Å². The number of hydrogen-bond acceptors (Lipinski definition) is 4. The normalized spacial score (nSPS) is 11.0. The van der Waals surface area contributed by atoms with Gasteiger partial charge in [0.15, 0.2) is 0 Å². The standard InChI is InChI=1S/C8H9BrFN3O3S/c1-12-8(14)13-17(15,16)7-2-4(9)5(10)3-6(7)11/h2-3H,11H2,1H3,(H2,12,13,14). The number of benzene rings is 1. The fraction of sp³-hybridized carbons (Fsp3) is 0.125. The van der Waals surface area contributed by atoms with Gasteiger partial charge in [-0.2, -0.15) is 0 Å². The number of amides is 2. The molecule has 0 unspecified atom stereocenters. The van der Waals surface area contributed by atoms with Gasteiger partial charge in [-0.25, -0.2) is 22.3 Å². The van der Waals surface area contributed by atoms with Crippen LogP contribution >= 0.6 is 15.9 Å². The van der Waals surface area contributed by atoms with Gasteiger partial charge in [0.25, 0.3) is 10.0 Å². The second-order valence-corrected chi connectivity index (χ2v) is 5.49. The molecule has 0 bridgehead atoms. The van der Waals surface area contributed by atoms with Crippen LogP contribution in [-0.4, -0.2) is 21.5 Å². The van der Waals surface area contributed by atoms with Crippen LogP contribution in [0.5, 0.6) is 0 Å². The van der Waals surface area contributed by atoms with Crippen LogP contribution in [0.4, 0.5) is 14.9 Å². The van der Waals surface area contributed by atoms with E-state index >= 15 is 0 Å². The Kier molecular flexibility index (Phi) is 3.94. The SMILES string of the molecule is CNC(=O)NS(=O)(=O)c1cc(Br)c(F)cc1N. The van der Waals surface area contributed by atoms with Crippen LogP contribution in [0.15, 0.2) is 21.5 Å². The van der Waals surface area contributed by atoms with Gasteiger partial charge in [-0.15, -0.1) is 0 Å². The zero-order valence-corrected chi connectivity index (χ0v) is 11.0. The van der Waals surface area contributed by atoms with Crippen molar-refractivity contribution in [1.29, 1.82) is 0 Å². The summed E-state index contributed by atoms with van der Waals surface area (Å²) < 4.78 is 38.1. The second kappa shape index (κ2) is 4.88. The van der Waals surface area contributed by atoms with Gasteiger partial charge < -0.3 is 11.1 Å². The molecule has 0 heterocycles. The quantitative estimate of drug-likeness (QED) is 0.699. The highest BCUT2D eigenvalue weighted by molar-refractivity contribution is 9.10. The predicted molar refractivity (Wildman–Crippen MR) is 63.3 cm³/mol. The number of sulfonamides is 1. The smallest absolute Gasteiger partial charge is 0.328 e. The van der Waals surface area contributed by atoms with Gasteiger partial charge in [0, 0.05) is 7.05 Å². The van der Waals surface area contributed by atoms with Crippen molar-refractivity contribution in [2.24, 2.45) is 0 Å². The summed E-state index contributed by atoms with van der Waals surface area (Å²) >= 11 is 2.83. The Hall–Kier alpha value is -1.35. The van der Waals surface area contributed by atoms with Crippen molar-refractivity contribution in [3.05, 3.63) is 22.4 Å². The van der Waals surface area contributed by atoms with E-state index in [1.807, 2.05) is 0 Å².